The summed E-state index contributed by atoms with van der Waals surface area (Å²) in [6.07, 6.45) is 2.84. The molecule has 6 heteroatoms. The van der Waals surface area contributed by atoms with E-state index in [1.54, 1.807) is 29.1 Å². The summed E-state index contributed by atoms with van der Waals surface area (Å²) in [5, 5.41) is 4.84. The second-order valence-corrected chi connectivity index (χ2v) is 6.86. The van der Waals surface area contributed by atoms with Gasteiger partial charge in [-0.25, -0.2) is 5.43 Å². The highest BCUT2D eigenvalue weighted by Gasteiger charge is 2.24. The fourth-order valence-corrected chi connectivity index (χ4v) is 3.38. The first kappa shape index (κ1) is 16.8. The second-order valence-electron chi connectivity index (χ2n) is 6.43. The highest BCUT2D eigenvalue weighted by atomic mass is 35.5. The quantitative estimate of drug-likeness (QED) is 0.752. The van der Waals surface area contributed by atoms with E-state index in [-0.39, 0.29) is 5.91 Å². The van der Waals surface area contributed by atoms with Crippen LogP contribution >= 0.6 is 11.6 Å². The van der Waals surface area contributed by atoms with Gasteiger partial charge in [0.2, 0.25) is 0 Å². The molecule has 0 saturated heterocycles. The lowest BCUT2D eigenvalue weighted by molar-refractivity contribution is 0.100. The van der Waals surface area contributed by atoms with Crippen LogP contribution in [-0.4, -0.2) is 27.2 Å². The van der Waals surface area contributed by atoms with Crippen molar-refractivity contribution in [3.63, 3.8) is 0 Å². The minimum atomic E-state index is -0.221. The predicted octanol–water partition coefficient (Wildman–Crippen LogP) is 3.48. The van der Waals surface area contributed by atoms with Crippen LogP contribution in [0.2, 0.25) is 5.02 Å². The first-order chi connectivity index (χ1) is 12.7. The molecule has 0 saturated carbocycles. The van der Waals surface area contributed by atoms with Gasteiger partial charge in [-0.1, -0.05) is 48.0 Å². The first-order valence-electron chi connectivity index (χ1n) is 8.58. The van der Waals surface area contributed by atoms with E-state index in [9.17, 15) is 4.79 Å². The Morgan fingerprint density at radius 2 is 1.96 bits per heavy atom. The van der Waals surface area contributed by atoms with E-state index in [4.69, 9.17) is 11.6 Å². The van der Waals surface area contributed by atoms with Crippen LogP contribution in [0.25, 0.3) is 0 Å². The van der Waals surface area contributed by atoms with Gasteiger partial charge < -0.3 is 0 Å². The molecule has 26 heavy (non-hydrogen) atoms. The van der Waals surface area contributed by atoms with Crippen LogP contribution in [-0.2, 0) is 19.5 Å². The molecule has 0 spiro atoms. The first-order valence-corrected chi connectivity index (χ1v) is 8.96. The topological polar surface area (TPSA) is 50.2 Å². The van der Waals surface area contributed by atoms with E-state index >= 15 is 0 Å². The third-order valence-electron chi connectivity index (χ3n) is 4.58. The number of aromatic nitrogens is 2. The van der Waals surface area contributed by atoms with E-state index in [2.05, 4.69) is 39.7 Å². The van der Waals surface area contributed by atoms with Crippen LogP contribution in [0.5, 0.6) is 0 Å². The molecule has 1 amide bonds. The zero-order chi connectivity index (χ0) is 17.9. The Labute approximate surface area is 157 Å². The van der Waals surface area contributed by atoms with Crippen LogP contribution in [0.4, 0.5) is 0 Å². The molecule has 1 aromatic heterocycles. The van der Waals surface area contributed by atoms with E-state index < -0.39 is 0 Å². The number of hydrogen-bond donors (Lipinski definition) is 1. The normalized spacial score (nSPS) is 13.6. The van der Waals surface area contributed by atoms with Crippen molar-refractivity contribution in [2.24, 2.45) is 0 Å². The fourth-order valence-electron chi connectivity index (χ4n) is 3.19. The largest absolute Gasteiger partial charge is 0.293 e. The Balaban J connectivity index is 1.39. The third kappa shape index (κ3) is 3.64. The van der Waals surface area contributed by atoms with Crippen molar-refractivity contribution in [3.8, 4) is 0 Å². The molecule has 5 nitrogen and oxygen atoms in total. The monoisotopic (exact) mass is 366 g/mol. The Morgan fingerprint density at radius 3 is 2.77 bits per heavy atom. The van der Waals surface area contributed by atoms with Gasteiger partial charge in [0, 0.05) is 35.8 Å². The van der Waals surface area contributed by atoms with Gasteiger partial charge in [-0.2, -0.15) is 9.89 Å². The molecule has 0 unspecified atom stereocenters. The van der Waals surface area contributed by atoms with Crippen molar-refractivity contribution in [2.45, 2.75) is 19.5 Å². The summed E-state index contributed by atoms with van der Waals surface area (Å²) < 4.78 is 0. The molecule has 0 fully saturated rings. The van der Waals surface area contributed by atoms with Crippen LogP contribution < -0.4 is 5.43 Å². The average Bonchev–Trinajstić information content (AvgIpc) is 3.22. The maximum Gasteiger partial charge on any atom is 0.271 e. The van der Waals surface area contributed by atoms with Gasteiger partial charge in [0.05, 0.1) is 11.9 Å². The highest BCUT2D eigenvalue weighted by molar-refractivity contribution is 6.31. The SMILES string of the molecule is O=C(Nn1ncc2c1CN(CCc1ccccc1)C2)c1cccc(Cl)c1. The van der Waals surface area contributed by atoms with E-state index in [0.717, 1.165) is 37.3 Å². The molecule has 132 valence electrons. The van der Waals surface area contributed by atoms with Gasteiger partial charge in [0.1, 0.15) is 0 Å². The highest BCUT2D eigenvalue weighted by Crippen LogP contribution is 2.22. The van der Waals surface area contributed by atoms with Crippen molar-refractivity contribution < 1.29 is 4.79 Å². The Kier molecular flexibility index (Phi) is 4.73. The molecule has 1 aliphatic heterocycles. The number of nitrogens with zero attached hydrogens (tertiary/aromatic N) is 3. The molecule has 2 aromatic carbocycles. The minimum Gasteiger partial charge on any atom is -0.293 e. The molecule has 2 heterocycles. The molecular weight excluding hydrogens is 348 g/mol. The van der Waals surface area contributed by atoms with Crippen LogP contribution in [0.1, 0.15) is 27.2 Å². The van der Waals surface area contributed by atoms with Crippen LogP contribution in [0.3, 0.4) is 0 Å². The number of fused-ring (bicyclic) bond motifs is 1. The van der Waals surface area contributed by atoms with Gasteiger partial charge in [-0.15, -0.1) is 0 Å². The Bertz CT molecular complexity index is 923. The lowest BCUT2D eigenvalue weighted by atomic mass is 10.1. The predicted molar refractivity (Wildman–Crippen MR) is 102 cm³/mol. The number of amides is 1. The summed E-state index contributed by atoms with van der Waals surface area (Å²) in [5.41, 5.74) is 6.88. The van der Waals surface area contributed by atoms with Crippen molar-refractivity contribution in [2.75, 3.05) is 12.0 Å². The van der Waals surface area contributed by atoms with Gasteiger partial charge in [-0.05, 0) is 30.2 Å². The van der Waals surface area contributed by atoms with E-state index in [1.807, 2.05) is 12.3 Å². The zero-order valence-corrected chi connectivity index (χ0v) is 15.0. The van der Waals surface area contributed by atoms with Gasteiger partial charge >= 0.3 is 0 Å². The fraction of sp³-hybridized carbons (Fsp3) is 0.200. The molecular formula is C20H19ClN4O. The van der Waals surface area contributed by atoms with Gasteiger partial charge in [0.25, 0.3) is 5.91 Å². The molecule has 4 rings (SSSR count). The standard InChI is InChI=1S/C20H19ClN4O/c21-18-8-4-7-16(11-18)20(26)23-25-19-14-24(13-17(19)12-22-25)10-9-15-5-2-1-3-6-15/h1-8,11-12H,9-10,13-14H2,(H,23,26). The number of nitrogens with one attached hydrogen (secondary N) is 1. The molecule has 0 aliphatic carbocycles. The van der Waals surface area contributed by atoms with Crippen molar-refractivity contribution in [1.82, 2.24) is 14.8 Å². The number of benzene rings is 2. The maximum absolute atomic E-state index is 12.4. The summed E-state index contributed by atoms with van der Waals surface area (Å²) >= 11 is 5.96. The van der Waals surface area contributed by atoms with Crippen molar-refractivity contribution in [1.29, 1.82) is 0 Å². The molecule has 0 atom stereocenters. The number of carbonyl (C=O) groups is 1. The summed E-state index contributed by atoms with van der Waals surface area (Å²) in [5.74, 6) is -0.221. The lowest BCUT2D eigenvalue weighted by Crippen LogP contribution is -2.27. The zero-order valence-electron chi connectivity index (χ0n) is 14.2. The number of rotatable bonds is 5. The number of halogens is 1. The summed E-state index contributed by atoms with van der Waals surface area (Å²) in [6, 6.07) is 17.3. The molecule has 3 aromatic rings. The van der Waals surface area contributed by atoms with Crippen LogP contribution in [0, 0.1) is 0 Å². The Morgan fingerprint density at radius 1 is 1.12 bits per heavy atom. The average molecular weight is 367 g/mol. The van der Waals surface area contributed by atoms with Gasteiger partial charge in [0.15, 0.2) is 0 Å². The van der Waals surface area contributed by atoms with Gasteiger partial charge in [-0.3, -0.25) is 9.69 Å². The molecule has 1 aliphatic rings. The molecule has 0 bridgehead atoms. The van der Waals surface area contributed by atoms with E-state index in [1.165, 1.54) is 5.56 Å². The molecule has 1 N–H and O–H groups in total. The van der Waals surface area contributed by atoms with E-state index in [0.29, 0.717) is 10.6 Å². The summed E-state index contributed by atoms with van der Waals surface area (Å²) in [4.78, 5) is 16.4. The molecule has 0 radical (unpaired) electrons. The Hall–Kier alpha value is -2.63. The number of hydrogen-bond acceptors (Lipinski definition) is 3. The summed E-state index contributed by atoms with van der Waals surface area (Å²) in [6.45, 7) is 2.61. The van der Waals surface area contributed by atoms with Crippen molar-refractivity contribution >= 4 is 17.5 Å². The van der Waals surface area contributed by atoms with Crippen molar-refractivity contribution in [3.05, 3.63) is 88.2 Å². The minimum absolute atomic E-state index is 0.221. The lowest BCUT2D eigenvalue weighted by Gasteiger charge is -2.15. The van der Waals surface area contributed by atoms with Crippen LogP contribution in [0.15, 0.2) is 60.8 Å². The maximum atomic E-state index is 12.4. The number of carbonyl (C=O) groups excluding carboxylic acids is 1. The third-order valence-corrected chi connectivity index (χ3v) is 4.81. The smallest absolute Gasteiger partial charge is 0.271 e. The second kappa shape index (κ2) is 7.32. The summed E-state index contributed by atoms with van der Waals surface area (Å²) in [7, 11) is 0.